The number of hydrogen-bond donors (Lipinski definition) is 0. The second kappa shape index (κ2) is 25.9. The van der Waals surface area contributed by atoms with Crippen LogP contribution in [0.1, 0.15) is 153 Å². The molecule has 0 aliphatic heterocycles. The molecule has 2 unspecified atom stereocenters. The molecule has 0 bridgehead atoms. The van der Waals surface area contributed by atoms with Crippen molar-refractivity contribution in [3.63, 3.8) is 0 Å². The average molecular weight is 706 g/mol. The van der Waals surface area contributed by atoms with Crippen LogP contribution in [-0.4, -0.2) is 23.6 Å². The summed E-state index contributed by atoms with van der Waals surface area (Å²) < 4.78 is 0. The van der Waals surface area contributed by atoms with Crippen molar-refractivity contribution in [2.75, 3.05) is 18.0 Å². The summed E-state index contributed by atoms with van der Waals surface area (Å²) in [5.74, 6) is -0.920. The molecular weight excluding hydrogens is 639 g/mol. The fraction of sp³-hybridized carbons (Fsp3) is 0.553. The maximum Gasteiger partial charge on any atom is 0.278 e. The highest BCUT2D eigenvalue weighted by atomic mass is 16.6. The molecule has 0 fully saturated rings. The number of nitriles is 1. The third kappa shape index (κ3) is 15.8. The third-order valence-electron chi connectivity index (χ3n) is 10.5. The lowest BCUT2D eigenvalue weighted by Gasteiger charge is -2.26. The van der Waals surface area contributed by atoms with Crippen LogP contribution < -0.4 is 4.90 Å². The Hall–Kier alpha value is -3.91. The lowest BCUT2D eigenvalue weighted by Crippen LogP contribution is -2.42. The Morgan fingerprint density at radius 3 is 1.63 bits per heavy atom. The number of allylic oxidation sites excluding steroid dienone is 3. The monoisotopic (exact) mass is 706 g/mol. The lowest BCUT2D eigenvalue weighted by molar-refractivity contribution is -0.545. The van der Waals surface area contributed by atoms with Crippen molar-refractivity contribution >= 4 is 17.8 Å². The first kappa shape index (κ1) is 42.5. The largest absolute Gasteiger partial charge is 0.372 e. The van der Waals surface area contributed by atoms with Gasteiger partial charge in [-0.25, -0.2) is 0 Å². The van der Waals surface area contributed by atoms with Crippen LogP contribution in [0.3, 0.4) is 0 Å². The van der Waals surface area contributed by atoms with Gasteiger partial charge in [-0.2, -0.15) is 5.26 Å². The summed E-state index contributed by atoms with van der Waals surface area (Å²) in [4.78, 5) is 14.7. The second-order valence-corrected chi connectivity index (χ2v) is 14.8. The minimum absolute atomic E-state index is 0.336. The van der Waals surface area contributed by atoms with Gasteiger partial charge in [0.1, 0.15) is 5.92 Å². The van der Waals surface area contributed by atoms with E-state index in [0.29, 0.717) is 0 Å². The van der Waals surface area contributed by atoms with Crippen LogP contribution >= 0.6 is 0 Å². The van der Waals surface area contributed by atoms with E-state index in [1.807, 2.05) is 42.5 Å². The molecule has 5 nitrogen and oxygen atoms in total. The molecule has 0 radical (unpaired) electrons. The minimum atomic E-state index is -1.62. The van der Waals surface area contributed by atoms with Crippen molar-refractivity contribution < 1.29 is 4.92 Å². The smallest absolute Gasteiger partial charge is 0.278 e. The van der Waals surface area contributed by atoms with Gasteiger partial charge in [0.05, 0.1) is 6.07 Å². The van der Waals surface area contributed by atoms with E-state index in [9.17, 15) is 15.4 Å². The highest BCUT2D eigenvalue weighted by molar-refractivity contribution is 5.60. The molecule has 0 amide bonds. The molecule has 52 heavy (non-hydrogen) atoms. The van der Waals surface area contributed by atoms with Crippen LogP contribution in [0.2, 0.25) is 0 Å². The first-order valence-corrected chi connectivity index (χ1v) is 20.7. The van der Waals surface area contributed by atoms with Crippen molar-refractivity contribution in [1.29, 1.82) is 5.26 Å². The maximum absolute atomic E-state index is 12.5. The summed E-state index contributed by atoms with van der Waals surface area (Å²) in [7, 11) is 0. The molecule has 0 N–H and O–H groups in total. The molecule has 2 atom stereocenters. The zero-order valence-corrected chi connectivity index (χ0v) is 32.5. The van der Waals surface area contributed by atoms with Crippen LogP contribution in [0.25, 0.3) is 12.2 Å². The van der Waals surface area contributed by atoms with Crippen LogP contribution in [0, 0.1) is 27.4 Å². The van der Waals surface area contributed by atoms with Crippen LogP contribution in [0.4, 0.5) is 5.69 Å². The third-order valence-corrected chi connectivity index (χ3v) is 10.5. The Morgan fingerprint density at radius 1 is 0.673 bits per heavy atom. The molecule has 5 heteroatoms. The first-order chi connectivity index (χ1) is 25.5. The van der Waals surface area contributed by atoms with Gasteiger partial charge in [0.15, 0.2) is 0 Å². The molecule has 3 rings (SSSR count). The predicted molar refractivity (Wildman–Crippen MR) is 223 cm³/mol. The molecule has 1 aliphatic carbocycles. The molecule has 0 spiro atoms. The van der Waals surface area contributed by atoms with Crippen LogP contribution in [-0.2, 0) is 0 Å². The number of nitrogens with zero attached hydrogens (tertiary/aromatic N) is 3. The van der Waals surface area contributed by atoms with E-state index < -0.39 is 11.5 Å². The fourth-order valence-corrected chi connectivity index (χ4v) is 7.09. The number of anilines is 1. The van der Waals surface area contributed by atoms with Crippen molar-refractivity contribution in [2.24, 2.45) is 5.92 Å². The number of nitro groups is 1. The van der Waals surface area contributed by atoms with Crippen molar-refractivity contribution in [3.8, 4) is 6.07 Å². The Labute approximate surface area is 316 Å². The zero-order chi connectivity index (χ0) is 37.1. The van der Waals surface area contributed by atoms with Gasteiger partial charge in [-0.05, 0) is 53.8 Å². The lowest BCUT2D eigenvalue weighted by atomic mass is 9.79. The standard InChI is InChI=1S/C47H67N3O2/c1-3-5-7-9-11-13-15-17-19-24-38-49(39-25-20-18-16-14-12-10-8-6-4-2)46-32-30-43(31-33-46)34-36-47(50(51)52)37-35-44(40-45(47)41-48)29-28-42-26-22-21-23-27-42/h21-23,26-37,40,45H,3-20,24-25,38-39H2,1-2H3. The van der Waals surface area contributed by atoms with Crippen LogP contribution in [0.15, 0.2) is 90.6 Å². The molecule has 0 saturated heterocycles. The number of unbranched alkanes of at least 4 members (excludes halogenated alkanes) is 18. The summed E-state index contributed by atoms with van der Waals surface area (Å²) in [6.45, 7) is 6.68. The van der Waals surface area contributed by atoms with E-state index >= 15 is 0 Å². The van der Waals surface area contributed by atoms with Gasteiger partial charge in [-0.15, -0.1) is 0 Å². The summed E-state index contributed by atoms with van der Waals surface area (Å²) in [5, 5.41) is 22.5. The normalized spacial score (nSPS) is 17.1. The van der Waals surface area contributed by atoms with Crippen molar-refractivity contribution in [1.82, 2.24) is 0 Å². The van der Waals surface area contributed by atoms with Gasteiger partial charge < -0.3 is 4.90 Å². The molecular formula is C47H67N3O2. The van der Waals surface area contributed by atoms with E-state index in [4.69, 9.17) is 0 Å². The molecule has 2 aromatic rings. The Morgan fingerprint density at radius 2 is 1.15 bits per heavy atom. The van der Waals surface area contributed by atoms with Gasteiger partial charge in [0.2, 0.25) is 0 Å². The SMILES string of the molecule is CCCCCCCCCCCCN(CCCCCCCCCCCC)c1ccc(C=CC2([N+](=O)[O-])C=CC(C=Cc3ccccc3)=CC2C#N)cc1. The van der Waals surface area contributed by atoms with E-state index in [-0.39, 0.29) is 4.92 Å². The molecule has 2 aromatic carbocycles. The van der Waals surface area contributed by atoms with Crippen LogP contribution in [0.5, 0.6) is 0 Å². The Balaban J connectivity index is 1.59. The van der Waals surface area contributed by atoms with Gasteiger partial charge in [-0.3, -0.25) is 10.1 Å². The van der Waals surface area contributed by atoms with Crippen molar-refractivity contribution in [2.45, 2.75) is 148 Å². The van der Waals surface area contributed by atoms with E-state index in [1.165, 1.54) is 134 Å². The van der Waals surface area contributed by atoms with E-state index in [1.54, 1.807) is 30.4 Å². The Kier molecular flexibility index (Phi) is 21.2. The minimum Gasteiger partial charge on any atom is -0.372 e. The number of benzene rings is 2. The fourth-order valence-electron chi connectivity index (χ4n) is 7.09. The molecule has 0 aromatic heterocycles. The number of rotatable bonds is 28. The zero-order valence-electron chi connectivity index (χ0n) is 32.5. The summed E-state index contributed by atoms with van der Waals surface area (Å²) in [5.41, 5.74) is 2.32. The summed E-state index contributed by atoms with van der Waals surface area (Å²) in [6, 6.07) is 20.5. The predicted octanol–water partition coefficient (Wildman–Crippen LogP) is 13.7. The van der Waals surface area contributed by atoms with Gasteiger partial charge in [-0.1, -0.05) is 202 Å². The van der Waals surface area contributed by atoms with E-state index in [2.05, 4.69) is 49.1 Å². The average Bonchev–Trinajstić information content (AvgIpc) is 3.17. The molecule has 282 valence electrons. The van der Waals surface area contributed by atoms with Gasteiger partial charge in [0, 0.05) is 23.7 Å². The second-order valence-electron chi connectivity index (χ2n) is 14.8. The number of hydrogen-bond acceptors (Lipinski definition) is 4. The van der Waals surface area contributed by atoms with Gasteiger partial charge in [0.25, 0.3) is 5.54 Å². The first-order valence-electron chi connectivity index (χ1n) is 20.7. The van der Waals surface area contributed by atoms with Gasteiger partial charge >= 0.3 is 0 Å². The topological polar surface area (TPSA) is 70.2 Å². The summed E-state index contributed by atoms with van der Waals surface area (Å²) in [6.07, 6.45) is 39.0. The highest BCUT2D eigenvalue weighted by Gasteiger charge is 2.47. The van der Waals surface area contributed by atoms with Crippen molar-refractivity contribution in [3.05, 3.63) is 112 Å². The maximum atomic E-state index is 12.5. The molecule has 0 heterocycles. The van der Waals surface area contributed by atoms with E-state index in [0.717, 1.165) is 29.8 Å². The highest BCUT2D eigenvalue weighted by Crippen LogP contribution is 2.33. The Bertz CT molecular complexity index is 1390. The molecule has 1 aliphatic rings. The molecule has 0 saturated carbocycles. The quantitative estimate of drug-likeness (QED) is 0.0502. The summed E-state index contributed by atoms with van der Waals surface area (Å²) >= 11 is 0.